The lowest BCUT2D eigenvalue weighted by Gasteiger charge is -2.16. The Morgan fingerprint density at radius 1 is 1.33 bits per heavy atom. The number of hydrogen-bond donors (Lipinski definition) is 1. The number of nitrogen functional groups attached to an aromatic ring is 1. The monoisotopic (exact) mass is 323 g/mol. The van der Waals surface area contributed by atoms with Gasteiger partial charge in [-0.15, -0.1) is 0 Å². The summed E-state index contributed by atoms with van der Waals surface area (Å²) in [5.41, 5.74) is 8.97. The molecule has 0 aliphatic carbocycles. The summed E-state index contributed by atoms with van der Waals surface area (Å²) in [4.78, 5) is 16.8. The van der Waals surface area contributed by atoms with Crippen LogP contribution in [0.4, 0.5) is 5.82 Å². The minimum atomic E-state index is -0.305. The maximum Gasteiger partial charge on any atom is 0.264 e. The normalized spacial score (nSPS) is 10.8. The molecule has 2 N–H and O–H groups in total. The summed E-state index contributed by atoms with van der Waals surface area (Å²) < 4.78 is 8.37. The molecular weight excluding hydrogens is 306 g/mol. The van der Waals surface area contributed by atoms with Gasteiger partial charge in [0, 0.05) is 12.6 Å². The van der Waals surface area contributed by atoms with Gasteiger partial charge in [-0.05, 0) is 25.5 Å². The number of benzene rings is 1. The summed E-state index contributed by atoms with van der Waals surface area (Å²) in [5, 5.41) is 9.71. The van der Waals surface area contributed by atoms with E-state index >= 15 is 0 Å². The predicted molar refractivity (Wildman–Crippen MR) is 91.5 cm³/mol. The molecule has 0 spiro atoms. The summed E-state index contributed by atoms with van der Waals surface area (Å²) in [7, 11) is 3.18. The van der Waals surface area contributed by atoms with Gasteiger partial charge in [0.05, 0.1) is 19.1 Å². The van der Waals surface area contributed by atoms with Crippen LogP contribution in [0.15, 0.2) is 23.3 Å². The molecule has 2 aromatic heterocycles. The smallest absolute Gasteiger partial charge is 0.264 e. The Bertz CT molecular complexity index is 1070. The van der Waals surface area contributed by atoms with E-state index in [4.69, 9.17) is 10.5 Å². The molecule has 122 valence electrons. The van der Waals surface area contributed by atoms with Gasteiger partial charge in [0.15, 0.2) is 5.65 Å². The van der Waals surface area contributed by atoms with Crippen LogP contribution >= 0.6 is 0 Å². The fraction of sp³-hybridized carbons (Fsp3) is 0.235. The topological polar surface area (TPSA) is 98.9 Å². The SMILES string of the molecule is COc1ccc(C)c(-n2c(N)c(C#N)c3c(=O)n(C)cnc32)c1C. The van der Waals surface area contributed by atoms with Crippen LogP contribution in [0.5, 0.6) is 5.75 Å². The highest BCUT2D eigenvalue weighted by molar-refractivity contribution is 5.91. The van der Waals surface area contributed by atoms with E-state index in [9.17, 15) is 10.1 Å². The number of ether oxygens (including phenoxy) is 1. The van der Waals surface area contributed by atoms with Crippen LogP contribution in [0.3, 0.4) is 0 Å². The molecule has 1 aromatic carbocycles. The predicted octanol–water partition coefficient (Wildman–Crippen LogP) is 1.80. The Morgan fingerprint density at radius 2 is 2.04 bits per heavy atom. The second-order valence-corrected chi connectivity index (χ2v) is 5.63. The molecule has 2 heterocycles. The van der Waals surface area contributed by atoms with Crippen LogP contribution in [-0.4, -0.2) is 21.2 Å². The fourth-order valence-corrected chi connectivity index (χ4v) is 2.99. The lowest BCUT2D eigenvalue weighted by molar-refractivity contribution is 0.411. The highest BCUT2D eigenvalue weighted by Crippen LogP contribution is 2.34. The van der Waals surface area contributed by atoms with Crippen molar-refractivity contribution in [2.24, 2.45) is 7.05 Å². The quantitative estimate of drug-likeness (QED) is 0.775. The van der Waals surface area contributed by atoms with Crippen LogP contribution < -0.4 is 16.0 Å². The van der Waals surface area contributed by atoms with Crippen LogP contribution in [-0.2, 0) is 7.05 Å². The molecular formula is C17H17N5O2. The number of fused-ring (bicyclic) bond motifs is 1. The molecule has 0 unspecified atom stereocenters. The molecule has 7 heteroatoms. The maximum atomic E-state index is 12.5. The molecule has 0 saturated heterocycles. The summed E-state index contributed by atoms with van der Waals surface area (Å²) in [5.74, 6) is 0.891. The minimum Gasteiger partial charge on any atom is -0.496 e. The molecule has 0 radical (unpaired) electrons. The van der Waals surface area contributed by atoms with E-state index in [1.165, 1.54) is 10.9 Å². The molecule has 0 amide bonds. The lowest BCUT2D eigenvalue weighted by Crippen LogP contribution is -2.17. The van der Waals surface area contributed by atoms with Gasteiger partial charge >= 0.3 is 0 Å². The first-order valence-corrected chi connectivity index (χ1v) is 7.32. The van der Waals surface area contributed by atoms with E-state index < -0.39 is 0 Å². The molecule has 24 heavy (non-hydrogen) atoms. The number of hydrogen-bond acceptors (Lipinski definition) is 5. The Labute approximate surface area is 138 Å². The first kappa shape index (κ1) is 15.6. The Hall–Kier alpha value is -3.27. The minimum absolute atomic E-state index is 0.139. The number of methoxy groups -OCH3 is 1. The number of anilines is 1. The first-order chi connectivity index (χ1) is 11.4. The van der Waals surface area contributed by atoms with Crippen molar-refractivity contribution in [3.63, 3.8) is 0 Å². The van der Waals surface area contributed by atoms with Crippen molar-refractivity contribution in [1.82, 2.24) is 14.1 Å². The average Bonchev–Trinajstić information content (AvgIpc) is 2.84. The Kier molecular flexibility index (Phi) is 3.53. The van der Waals surface area contributed by atoms with Gasteiger partial charge in [-0.3, -0.25) is 9.36 Å². The molecule has 0 bridgehead atoms. The van der Waals surface area contributed by atoms with Gasteiger partial charge in [-0.25, -0.2) is 4.98 Å². The van der Waals surface area contributed by atoms with Crippen LogP contribution in [0.1, 0.15) is 16.7 Å². The first-order valence-electron chi connectivity index (χ1n) is 7.32. The van der Waals surface area contributed by atoms with Gasteiger partial charge < -0.3 is 15.0 Å². The van der Waals surface area contributed by atoms with Crippen LogP contribution in [0.25, 0.3) is 16.7 Å². The third kappa shape index (κ3) is 1.97. The summed E-state index contributed by atoms with van der Waals surface area (Å²) >= 11 is 0. The van der Waals surface area contributed by atoms with E-state index in [0.717, 1.165) is 16.8 Å². The zero-order valence-electron chi connectivity index (χ0n) is 13.9. The van der Waals surface area contributed by atoms with E-state index in [-0.39, 0.29) is 22.3 Å². The summed E-state index contributed by atoms with van der Waals surface area (Å²) in [6.07, 6.45) is 1.42. The fourth-order valence-electron chi connectivity index (χ4n) is 2.99. The van der Waals surface area contributed by atoms with Gasteiger partial charge in [-0.1, -0.05) is 6.07 Å². The molecule has 0 aliphatic rings. The number of nitrogens with two attached hydrogens (primary N) is 1. The number of aryl methyl sites for hydroxylation is 2. The van der Waals surface area contributed by atoms with Gasteiger partial charge in [0.2, 0.25) is 0 Å². The maximum absolute atomic E-state index is 12.5. The summed E-state index contributed by atoms with van der Waals surface area (Å²) in [6.45, 7) is 3.83. The average molecular weight is 323 g/mol. The molecule has 0 atom stereocenters. The molecule has 0 fully saturated rings. The van der Waals surface area contributed by atoms with Gasteiger partial charge in [-0.2, -0.15) is 5.26 Å². The lowest BCUT2D eigenvalue weighted by atomic mass is 10.1. The van der Waals surface area contributed by atoms with E-state index in [0.29, 0.717) is 11.4 Å². The van der Waals surface area contributed by atoms with Crippen LogP contribution in [0.2, 0.25) is 0 Å². The van der Waals surface area contributed by atoms with Crippen molar-refractivity contribution < 1.29 is 4.74 Å². The Balaban J connectivity index is 2.55. The standard InChI is InChI=1S/C17H17N5O2/c1-9-5-6-12(24-4)10(2)14(9)22-15(19)11(7-18)13-16(22)20-8-21(3)17(13)23/h5-6,8H,19H2,1-4H3. The number of nitriles is 1. The zero-order chi connectivity index (χ0) is 17.6. The third-order valence-corrected chi connectivity index (χ3v) is 4.21. The highest BCUT2D eigenvalue weighted by atomic mass is 16.5. The van der Waals surface area contributed by atoms with E-state index in [2.05, 4.69) is 4.98 Å². The molecule has 3 rings (SSSR count). The zero-order valence-corrected chi connectivity index (χ0v) is 13.9. The molecule has 0 saturated carbocycles. The molecule has 7 nitrogen and oxygen atoms in total. The highest BCUT2D eigenvalue weighted by Gasteiger charge is 2.23. The second-order valence-electron chi connectivity index (χ2n) is 5.63. The number of nitrogens with zero attached hydrogens (tertiary/aromatic N) is 4. The van der Waals surface area contributed by atoms with Crippen molar-refractivity contribution in [3.05, 3.63) is 45.5 Å². The van der Waals surface area contributed by atoms with Crippen molar-refractivity contribution >= 4 is 16.9 Å². The van der Waals surface area contributed by atoms with Crippen LogP contribution in [0, 0.1) is 25.2 Å². The molecule has 3 aromatic rings. The van der Waals surface area contributed by atoms with E-state index in [1.807, 2.05) is 32.0 Å². The van der Waals surface area contributed by atoms with Gasteiger partial charge in [0.25, 0.3) is 5.56 Å². The Morgan fingerprint density at radius 3 is 2.67 bits per heavy atom. The molecule has 0 aliphatic heterocycles. The second kappa shape index (κ2) is 5.42. The van der Waals surface area contributed by atoms with Gasteiger partial charge in [0.1, 0.15) is 28.6 Å². The van der Waals surface area contributed by atoms with Crippen molar-refractivity contribution in [3.8, 4) is 17.5 Å². The van der Waals surface area contributed by atoms with E-state index in [1.54, 1.807) is 18.7 Å². The third-order valence-electron chi connectivity index (χ3n) is 4.21. The summed E-state index contributed by atoms with van der Waals surface area (Å²) in [6, 6.07) is 5.80. The van der Waals surface area contributed by atoms with Crippen molar-refractivity contribution in [2.75, 3.05) is 12.8 Å². The number of aromatic nitrogens is 3. The largest absolute Gasteiger partial charge is 0.496 e. The van der Waals surface area contributed by atoms with Crippen molar-refractivity contribution in [1.29, 1.82) is 5.26 Å². The van der Waals surface area contributed by atoms with Crippen molar-refractivity contribution in [2.45, 2.75) is 13.8 Å². The number of rotatable bonds is 2.